The lowest BCUT2D eigenvalue weighted by Crippen LogP contribution is -2.40. The lowest BCUT2D eigenvalue weighted by molar-refractivity contribution is -0.117. The zero-order valence-electron chi connectivity index (χ0n) is 17.5. The van der Waals surface area contributed by atoms with Gasteiger partial charge >= 0.3 is 0 Å². The molecule has 0 radical (unpaired) electrons. The van der Waals surface area contributed by atoms with Gasteiger partial charge in [0.15, 0.2) is 0 Å². The predicted octanol–water partition coefficient (Wildman–Crippen LogP) is 5.80. The Morgan fingerprint density at radius 2 is 1.44 bits per heavy atom. The number of amides is 1. The van der Waals surface area contributed by atoms with Crippen molar-refractivity contribution in [2.75, 3.05) is 6.54 Å². The van der Waals surface area contributed by atoms with Gasteiger partial charge in [0.2, 0.25) is 5.91 Å². The van der Waals surface area contributed by atoms with E-state index in [9.17, 15) is 9.90 Å². The summed E-state index contributed by atoms with van der Waals surface area (Å²) in [6.45, 7) is 6.37. The predicted molar refractivity (Wildman–Crippen MR) is 118 cm³/mol. The smallest absolute Gasteiger partial charge is 0.244 e. The van der Waals surface area contributed by atoms with Gasteiger partial charge in [-0.1, -0.05) is 94.2 Å². The Balaban J connectivity index is 3.86. The minimum atomic E-state index is -0.832. The maximum absolute atomic E-state index is 11.8. The number of rotatable bonds is 15. The molecule has 3 nitrogen and oxygen atoms in total. The maximum Gasteiger partial charge on any atom is 0.244 e. The minimum Gasteiger partial charge on any atom is -0.388 e. The molecule has 0 heterocycles. The van der Waals surface area contributed by atoms with Crippen molar-refractivity contribution in [2.24, 2.45) is 0 Å². The van der Waals surface area contributed by atoms with E-state index in [2.05, 4.69) is 43.5 Å². The fourth-order valence-electron chi connectivity index (χ4n) is 2.34. The van der Waals surface area contributed by atoms with Crippen LogP contribution in [0.2, 0.25) is 0 Å². The van der Waals surface area contributed by atoms with Crippen molar-refractivity contribution >= 4 is 5.91 Å². The molecule has 0 aromatic heterocycles. The van der Waals surface area contributed by atoms with Gasteiger partial charge in [0.05, 0.1) is 5.60 Å². The van der Waals surface area contributed by atoms with Gasteiger partial charge in [-0.15, -0.1) is 0 Å². The van der Waals surface area contributed by atoms with Crippen LogP contribution in [0, 0.1) is 0 Å². The van der Waals surface area contributed by atoms with Gasteiger partial charge in [-0.25, -0.2) is 0 Å². The quantitative estimate of drug-likeness (QED) is 0.217. The molecule has 152 valence electrons. The second-order valence-electron chi connectivity index (χ2n) is 7.07. The third kappa shape index (κ3) is 18.7. The highest BCUT2D eigenvalue weighted by atomic mass is 16.3. The van der Waals surface area contributed by atoms with E-state index in [4.69, 9.17) is 0 Å². The Morgan fingerprint density at radius 3 is 2.04 bits per heavy atom. The normalized spacial score (nSPS) is 15.0. The Hall–Kier alpha value is -1.87. The monoisotopic (exact) mass is 373 g/mol. The van der Waals surface area contributed by atoms with Crippen molar-refractivity contribution in [1.82, 2.24) is 5.32 Å². The molecule has 0 spiro atoms. The first-order chi connectivity index (χ1) is 13.0. The van der Waals surface area contributed by atoms with Crippen molar-refractivity contribution < 1.29 is 9.90 Å². The molecule has 0 aliphatic heterocycles. The van der Waals surface area contributed by atoms with E-state index in [1.165, 1.54) is 12.5 Å². The van der Waals surface area contributed by atoms with Crippen LogP contribution in [0.5, 0.6) is 0 Å². The molecule has 2 N–H and O–H groups in total. The van der Waals surface area contributed by atoms with Crippen LogP contribution in [-0.2, 0) is 4.79 Å². The highest BCUT2D eigenvalue weighted by Gasteiger charge is 2.19. The molecule has 1 unspecified atom stereocenters. The zero-order chi connectivity index (χ0) is 20.2. The summed E-state index contributed by atoms with van der Waals surface area (Å²) in [5.41, 5.74) is -0.832. The molecule has 0 aliphatic carbocycles. The molecule has 0 aliphatic rings. The second kappa shape index (κ2) is 17.5. The summed E-state index contributed by atoms with van der Waals surface area (Å²) in [7, 11) is 0. The third-order valence-corrected chi connectivity index (χ3v) is 4.02. The van der Waals surface area contributed by atoms with E-state index < -0.39 is 5.60 Å². The molecular weight excluding hydrogens is 334 g/mol. The summed E-state index contributed by atoms with van der Waals surface area (Å²) >= 11 is 0. The number of allylic oxidation sites excluding steroid dienone is 9. The highest BCUT2D eigenvalue weighted by Crippen LogP contribution is 2.13. The van der Waals surface area contributed by atoms with Crippen LogP contribution in [0.4, 0.5) is 0 Å². The van der Waals surface area contributed by atoms with Crippen LogP contribution in [0.1, 0.15) is 72.1 Å². The van der Waals surface area contributed by atoms with Crippen LogP contribution >= 0.6 is 0 Å². The van der Waals surface area contributed by atoms with Crippen molar-refractivity contribution in [3.63, 3.8) is 0 Å². The standard InChI is InChI=1S/C24H39NO2/c1-4-6-8-9-10-11-12-13-14-15-16-17-18-20-23(26)25-22-24(3,27)21-19-7-5-2/h8-13,16-18,20,27H,4-7,14-15,19,21-22H2,1-3H3,(H,25,26). The van der Waals surface area contributed by atoms with Gasteiger partial charge in [0, 0.05) is 12.6 Å². The van der Waals surface area contributed by atoms with E-state index in [0.29, 0.717) is 6.42 Å². The molecule has 0 saturated heterocycles. The summed E-state index contributed by atoms with van der Waals surface area (Å²) in [4.78, 5) is 11.8. The van der Waals surface area contributed by atoms with Crippen molar-refractivity contribution in [1.29, 1.82) is 0 Å². The van der Waals surface area contributed by atoms with Gasteiger partial charge in [-0.2, -0.15) is 0 Å². The van der Waals surface area contributed by atoms with Crippen LogP contribution < -0.4 is 5.32 Å². The number of aliphatic hydroxyl groups is 1. The molecule has 3 heteroatoms. The Kier molecular flexibility index (Phi) is 16.3. The molecule has 0 fully saturated rings. The van der Waals surface area contributed by atoms with Gasteiger partial charge in [-0.3, -0.25) is 4.79 Å². The largest absolute Gasteiger partial charge is 0.388 e. The molecule has 0 aromatic rings. The van der Waals surface area contributed by atoms with Gasteiger partial charge in [0.1, 0.15) is 0 Å². The van der Waals surface area contributed by atoms with E-state index >= 15 is 0 Å². The van der Waals surface area contributed by atoms with Gasteiger partial charge in [0.25, 0.3) is 0 Å². The van der Waals surface area contributed by atoms with Crippen LogP contribution in [0.3, 0.4) is 0 Å². The van der Waals surface area contributed by atoms with E-state index in [0.717, 1.165) is 38.5 Å². The minimum absolute atomic E-state index is 0.170. The lowest BCUT2D eigenvalue weighted by atomic mass is 9.98. The molecule has 27 heavy (non-hydrogen) atoms. The highest BCUT2D eigenvalue weighted by molar-refractivity contribution is 5.87. The average Bonchev–Trinajstić information content (AvgIpc) is 2.64. The van der Waals surface area contributed by atoms with Gasteiger partial charge in [-0.05, 0) is 32.6 Å². The SMILES string of the molecule is CCCC=CC=CC=CCCC=CC=CC(=O)NCC(C)(O)CCCCC. The second-order valence-corrected chi connectivity index (χ2v) is 7.07. The van der Waals surface area contributed by atoms with Crippen molar-refractivity contribution in [2.45, 2.75) is 77.7 Å². The van der Waals surface area contributed by atoms with Crippen molar-refractivity contribution in [3.8, 4) is 0 Å². The van der Waals surface area contributed by atoms with Crippen LogP contribution in [0.15, 0.2) is 60.8 Å². The number of unbranched alkanes of at least 4 members (excludes halogenated alkanes) is 4. The zero-order valence-corrected chi connectivity index (χ0v) is 17.5. The lowest BCUT2D eigenvalue weighted by Gasteiger charge is -2.23. The molecule has 0 bridgehead atoms. The topological polar surface area (TPSA) is 49.3 Å². The van der Waals surface area contributed by atoms with E-state index in [1.807, 2.05) is 24.3 Å². The van der Waals surface area contributed by atoms with Gasteiger partial charge < -0.3 is 10.4 Å². The third-order valence-electron chi connectivity index (χ3n) is 4.02. The molecule has 0 rings (SSSR count). The van der Waals surface area contributed by atoms with Crippen molar-refractivity contribution in [3.05, 3.63) is 60.8 Å². The Morgan fingerprint density at radius 1 is 0.852 bits per heavy atom. The first-order valence-corrected chi connectivity index (χ1v) is 10.3. The molecule has 1 atom stereocenters. The van der Waals surface area contributed by atoms with Crippen LogP contribution in [-0.4, -0.2) is 23.2 Å². The average molecular weight is 374 g/mol. The molecular formula is C24H39NO2. The summed E-state index contributed by atoms with van der Waals surface area (Å²) < 4.78 is 0. The number of nitrogens with one attached hydrogen (secondary N) is 1. The number of carbonyl (C=O) groups is 1. The number of hydrogen-bond acceptors (Lipinski definition) is 2. The summed E-state index contributed by atoms with van der Waals surface area (Å²) in [6, 6.07) is 0. The molecule has 0 saturated carbocycles. The Labute approximate surface area is 166 Å². The number of hydrogen-bond donors (Lipinski definition) is 2. The molecule has 1 amide bonds. The molecule has 0 aromatic carbocycles. The first-order valence-electron chi connectivity index (χ1n) is 10.3. The number of carbonyl (C=O) groups excluding carboxylic acids is 1. The first kappa shape index (κ1) is 25.1. The Bertz CT molecular complexity index is 510. The van der Waals surface area contributed by atoms with Crippen LogP contribution in [0.25, 0.3) is 0 Å². The fourth-order valence-corrected chi connectivity index (χ4v) is 2.34. The van der Waals surface area contributed by atoms with E-state index in [-0.39, 0.29) is 12.5 Å². The van der Waals surface area contributed by atoms with E-state index in [1.54, 1.807) is 13.0 Å². The summed E-state index contributed by atoms with van der Waals surface area (Å²) in [5.74, 6) is -0.170. The maximum atomic E-state index is 11.8. The summed E-state index contributed by atoms with van der Waals surface area (Å²) in [6.07, 6.45) is 27.8. The summed E-state index contributed by atoms with van der Waals surface area (Å²) in [5, 5.41) is 13.0. The fraction of sp³-hybridized carbons (Fsp3) is 0.542.